The van der Waals surface area contributed by atoms with Gasteiger partial charge in [-0.2, -0.15) is 0 Å². The Morgan fingerprint density at radius 2 is 1.81 bits per heavy atom. The molecule has 4 rings (SSSR count). The lowest BCUT2D eigenvalue weighted by atomic mass is 10.0. The van der Waals surface area contributed by atoms with Crippen molar-refractivity contribution in [1.82, 2.24) is 9.62 Å². The van der Waals surface area contributed by atoms with Crippen LogP contribution in [0.5, 0.6) is 11.5 Å². The summed E-state index contributed by atoms with van der Waals surface area (Å²) in [5.41, 5.74) is 2.98. The van der Waals surface area contributed by atoms with Gasteiger partial charge in [-0.3, -0.25) is 4.79 Å². The van der Waals surface area contributed by atoms with E-state index in [0.29, 0.717) is 19.8 Å². The average molecular weight is 459 g/mol. The second-order valence-corrected chi connectivity index (χ2v) is 10.2. The summed E-state index contributed by atoms with van der Waals surface area (Å²) in [6.07, 6.45) is 2.75. The number of carbonyl (C=O) groups excluding carboxylic acids is 1. The van der Waals surface area contributed by atoms with E-state index in [1.807, 2.05) is 36.9 Å². The number of likely N-dealkylation sites (tertiary alicyclic amines) is 1. The van der Waals surface area contributed by atoms with E-state index in [4.69, 9.17) is 9.47 Å². The standard InChI is InChI=1S/C24H30N2O5S/c1-17-6-8-20(15-18(17)2)32(28,29)25-11-10-24(27)26-12-3-5-21(26)19-7-9-22-23(16-19)31-14-4-13-30-22/h6-9,15-16,21,25H,3-5,10-14H2,1-2H3. The van der Waals surface area contributed by atoms with E-state index in [-0.39, 0.29) is 29.8 Å². The molecule has 0 saturated carbocycles. The molecule has 8 heteroatoms. The van der Waals surface area contributed by atoms with E-state index < -0.39 is 10.0 Å². The lowest BCUT2D eigenvalue weighted by molar-refractivity contribution is -0.131. The van der Waals surface area contributed by atoms with Crippen LogP contribution in [-0.2, 0) is 14.8 Å². The molecule has 0 spiro atoms. The number of fused-ring (bicyclic) bond motifs is 1. The summed E-state index contributed by atoms with van der Waals surface area (Å²) >= 11 is 0. The molecule has 0 radical (unpaired) electrons. The molecule has 1 atom stereocenters. The van der Waals surface area contributed by atoms with E-state index in [0.717, 1.165) is 47.5 Å². The van der Waals surface area contributed by atoms with Crippen molar-refractivity contribution in [3.05, 3.63) is 53.1 Å². The summed E-state index contributed by atoms with van der Waals surface area (Å²) in [6.45, 7) is 5.81. The number of hydrogen-bond acceptors (Lipinski definition) is 5. The fraction of sp³-hybridized carbons (Fsp3) is 0.458. The predicted molar refractivity (Wildman–Crippen MR) is 121 cm³/mol. The third-order valence-corrected chi connectivity index (χ3v) is 7.61. The second kappa shape index (κ2) is 9.50. The van der Waals surface area contributed by atoms with E-state index >= 15 is 0 Å². The first-order valence-electron chi connectivity index (χ1n) is 11.1. The molecule has 1 amide bonds. The van der Waals surface area contributed by atoms with Crippen molar-refractivity contribution in [2.75, 3.05) is 26.3 Å². The molecule has 1 saturated heterocycles. The van der Waals surface area contributed by atoms with E-state index in [2.05, 4.69) is 4.72 Å². The molecule has 32 heavy (non-hydrogen) atoms. The van der Waals surface area contributed by atoms with Gasteiger partial charge >= 0.3 is 0 Å². The Morgan fingerprint density at radius 1 is 1.03 bits per heavy atom. The van der Waals surface area contributed by atoms with Crippen LogP contribution < -0.4 is 14.2 Å². The number of benzene rings is 2. The zero-order chi connectivity index (χ0) is 22.7. The van der Waals surface area contributed by atoms with Gasteiger partial charge < -0.3 is 14.4 Å². The van der Waals surface area contributed by atoms with Gasteiger partial charge in [-0.15, -0.1) is 0 Å². The topological polar surface area (TPSA) is 84.9 Å². The predicted octanol–water partition coefficient (Wildman–Crippen LogP) is 3.50. The van der Waals surface area contributed by atoms with Crippen LogP contribution in [0, 0.1) is 13.8 Å². The van der Waals surface area contributed by atoms with Crippen molar-refractivity contribution in [2.24, 2.45) is 0 Å². The summed E-state index contributed by atoms with van der Waals surface area (Å²) in [4.78, 5) is 15.0. The normalized spacial score (nSPS) is 18.4. The van der Waals surface area contributed by atoms with Gasteiger partial charge in [-0.1, -0.05) is 12.1 Å². The third-order valence-electron chi connectivity index (χ3n) is 6.15. The maximum atomic E-state index is 12.9. The highest BCUT2D eigenvalue weighted by Gasteiger charge is 2.30. The van der Waals surface area contributed by atoms with Crippen molar-refractivity contribution < 1.29 is 22.7 Å². The number of sulfonamides is 1. The quantitative estimate of drug-likeness (QED) is 0.716. The van der Waals surface area contributed by atoms with Crippen LogP contribution in [-0.4, -0.2) is 45.5 Å². The lowest BCUT2D eigenvalue weighted by Gasteiger charge is -2.26. The molecule has 2 aromatic carbocycles. The zero-order valence-corrected chi connectivity index (χ0v) is 19.4. The molecule has 2 heterocycles. The van der Waals surface area contributed by atoms with Gasteiger partial charge in [0.2, 0.25) is 15.9 Å². The Bertz CT molecular complexity index is 1100. The van der Waals surface area contributed by atoms with Gasteiger partial charge in [0.15, 0.2) is 11.5 Å². The molecule has 172 valence electrons. The Labute approximate surface area is 189 Å². The first-order chi connectivity index (χ1) is 15.3. The van der Waals surface area contributed by atoms with Crippen molar-refractivity contribution >= 4 is 15.9 Å². The number of carbonyl (C=O) groups is 1. The molecule has 7 nitrogen and oxygen atoms in total. The van der Waals surface area contributed by atoms with E-state index in [1.165, 1.54) is 0 Å². The van der Waals surface area contributed by atoms with Crippen LogP contribution in [0.25, 0.3) is 0 Å². The maximum absolute atomic E-state index is 12.9. The average Bonchev–Trinajstić information content (AvgIpc) is 3.14. The molecule has 0 bridgehead atoms. The highest BCUT2D eigenvalue weighted by atomic mass is 32.2. The van der Waals surface area contributed by atoms with E-state index in [1.54, 1.807) is 18.2 Å². The van der Waals surface area contributed by atoms with Gasteiger partial charge in [0.05, 0.1) is 24.2 Å². The number of hydrogen-bond donors (Lipinski definition) is 1. The maximum Gasteiger partial charge on any atom is 0.240 e. The molecule has 2 aliphatic rings. The minimum absolute atomic E-state index is 0.0315. The third kappa shape index (κ3) is 4.91. The van der Waals surface area contributed by atoms with Crippen LogP contribution in [0.3, 0.4) is 0 Å². The summed E-state index contributed by atoms with van der Waals surface area (Å²) in [5, 5.41) is 0. The number of aryl methyl sites for hydroxylation is 2. The second-order valence-electron chi connectivity index (χ2n) is 8.40. The minimum atomic E-state index is -3.65. The summed E-state index contributed by atoms with van der Waals surface area (Å²) in [7, 11) is -3.65. The van der Waals surface area contributed by atoms with E-state index in [9.17, 15) is 13.2 Å². The molecule has 1 fully saturated rings. The van der Waals surface area contributed by atoms with Gasteiger partial charge in [0.25, 0.3) is 0 Å². The van der Waals surface area contributed by atoms with Gasteiger partial charge in [0.1, 0.15) is 0 Å². The van der Waals surface area contributed by atoms with Crippen molar-refractivity contribution in [2.45, 2.75) is 50.5 Å². The van der Waals surface area contributed by atoms with Crippen LogP contribution in [0.2, 0.25) is 0 Å². The highest BCUT2D eigenvalue weighted by Crippen LogP contribution is 2.38. The van der Waals surface area contributed by atoms with Crippen LogP contribution in [0.1, 0.15) is 48.4 Å². The minimum Gasteiger partial charge on any atom is -0.490 e. The lowest BCUT2D eigenvalue weighted by Crippen LogP contribution is -2.34. The first-order valence-corrected chi connectivity index (χ1v) is 12.6. The molecule has 0 aromatic heterocycles. The monoisotopic (exact) mass is 458 g/mol. The van der Waals surface area contributed by atoms with Crippen LogP contribution >= 0.6 is 0 Å². The number of amides is 1. The molecule has 0 aliphatic carbocycles. The fourth-order valence-electron chi connectivity index (χ4n) is 4.20. The van der Waals surface area contributed by atoms with Crippen molar-refractivity contribution in [3.8, 4) is 11.5 Å². The molecule has 2 aromatic rings. The SMILES string of the molecule is Cc1ccc(S(=O)(=O)NCCC(=O)N2CCCC2c2ccc3c(c2)OCCCO3)cc1C. The van der Waals surface area contributed by atoms with Gasteiger partial charge in [-0.25, -0.2) is 13.1 Å². The Kier molecular flexibility index (Phi) is 6.71. The molecular weight excluding hydrogens is 428 g/mol. The number of nitrogens with zero attached hydrogens (tertiary/aromatic N) is 1. The van der Waals surface area contributed by atoms with Crippen LogP contribution in [0.15, 0.2) is 41.3 Å². The Balaban J connectivity index is 1.39. The Hall–Kier alpha value is -2.58. The van der Waals surface area contributed by atoms with Crippen molar-refractivity contribution in [3.63, 3.8) is 0 Å². The zero-order valence-electron chi connectivity index (χ0n) is 18.6. The largest absolute Gasteiger partial charge is 0.490 e. The van der Waals surface area contributed by atoms with Crippen molar-refractivity contribution in [1.29, 1.82) is 0 Å². The first kappa shape index (κ1) is 22.6. The molecular formula is C24H30N2O5S. The molecule has 1 N–H and O–H groups in total. The fourth-order valence-corrected chi connectivity index (χ4v) is 5.32. The molecule has 2 aliphatic heterocycles. The number of ether oxygens (including phenoxy) is 2. The van der Waals surface area contributed by atoms with Crippen LogP contribution in [0.4, 0.5) is 0 Å². The number of rotatable bonds is 6. The summed E-state index contributed by atoms with van der Waals surface area (Å²) in [6, 6.07) is 10.9. The molecule has 1 unspecified atom stereocenters. The summed E-state index contributed by atoms with van der Waals surface area (Å²) in [5.74, 6) is 1.41. The smallest absolute Gasteiger partial charge is 0.240 e. The Morgan fingerprint density at radius 3 is 2.59 bits per heavy atom. The van der Waals surface area contributed by atoms with Gasteiger partial charge in [-0.05, 0) is 67.6 Å². The van der Waals surface area contributed by atoms with Gasteiger partial charge in [0, 0.05) is 25.9 Å². The number of nitrogens with one attached hydrogen (secondary N) is 1. The summed E-state index contributed by atoms with van der Waals surface area (Å²) < 4.78 is 39.2. The highest BCUT2D eigenvalue weighted by molar-refractivity contribution is 7.89.